The predicted molar refractivity (Wildman–Crippen MR) is 76.5 cm³/mol. The van der Waals surface area contributed by atoms with Crippen LogP contribution in [0.25, 0.3) is 22.4 Å². The Bertz CT molecular complexity index is 826. The van der Waals surface area contributed by atoms with E-state index in [1.807, 2.05) is 13.8 Å². The Labute approximate surface area is 120 Å². The molecule has 0 saturated carbocycles. The third-order valence-electron chi connectivity index (χ3n) is 3.16. The smallest absolute Gasteiger partial charge is 0.151 e. The first-order valence-corrected chi connectivity index (χ1v) is 6.55. The summed E-state index contributed by atoms with van der Waals surface area (Å²) in [5.41, 5.74) is 2.74. The van der Waals surface area contributed by atoms with Crippen LogP contribution in [0.4, 0.5) is 4.39 Å². The van der Waals surface area contributed by atoms with Gasteiger partial charge in [0.2, 0.25) is 0 Å². The van der Waals surface area contributed by atoms with Gasteiger partial charge in [-0.3, -0.25) is 19.4 Å². The number of fused-ring (bicyclic) bond motifs is 1. The Morgan fingerprint density at radius 1 is 1.29 bits per heavy atom. The molecule has 5 nitrogen and oxygen atoms in total. The van der Waals surface area contributed by atoms with Crippen LogP contribution in [0.15, 0.2) is 30.6 Å². The Morgan fingerprint density at radius 3 is 2.76 bits per heavy atom. The largest absolute Gasteiger partial charge is 0.298 e. The number of carbonyl (C=O) groups excluding carboxylic acids is 1. The molecule has 0 unspecified atom stereocenters. The molecule has 0 fully saturated rings. The van der Waals surface area contributed by atoms with Gasteiger partial charge in [0.25, 0.3) is 0 Å². The number of pyridine rings is 2. The molecular formula is C15H13FN4O. The van der Waals surface area contributed by atoms with E-state index >= 15 is 0 Å². The maximum atomic E-state index is 13.4. The first-order chi connectivity index (χ1) is 10.1. The number of aromatic nitrogens is 4. The Morgan fingerprint density at radius 2 is 2.10 bits per heavy atom. The summed E-state index contributed by atoms with van der Waals surface area (Å²) < 4.78 is 15.2. The van der Waals surface area contributed by atoms with E-state index in [1.165, 1.54) is 24.5 Å². The van der Waals surface area contributed by atoms with Crippen molar-refractivity contribution in [2.24, 2.45) is 0 Å². The molecule has 0 spiro atoms. The third-order valence-corrected chi connectivity index (χ3v) is 3.16. The fraction of sp³-hybridized carbons (Fsp3) is 0.200. The van der Waals surface area contributed by atoms with Crippen molar-refractivity contribution in [2.75, 3.05) is 0 Å². The van der Waals surface area contributed by atoms with E-state index in [-0.39, 0.29) is 11.9 Å². The van der Waals surface area contributed by atoms with Gasteiger partial charge in [0.15, 0.2) is 6.29 Å². The number of nitrogens with zero attached hydrogens (tertiary/aromatic N) is 4. The van der Waals surface area contributed by atoms with Crippen LogP contribution >= 0.6 is 0 Å². The van der Waals surface area contributed by atoms with Gasteiger partial charge in [-0.15, -0.1) is 0 Å². The van der Waals surface area contributed by atoms with Crippen LogP contribution in [0.3, 0.4) is 0 Å². The fourth-order valence-corrected chi connectivity index (χ4v) is 2.20. The average molecular weight is 284 g/mol. The maximum Gasteiger partial charge on any atom is 0.151 e. The average Bonchev–Trinajstić information content (AvgIpc) is 2.86. The highest BCUT2D eigenvalue weighted by Gasteiger charge is 2.17. The number of hydrogen-bond donors (Lipinski definition) is 0. The van der Waals surface area contributed by atoms with E-state index in [0.717, 1.165) is 11.8 Å². The number of rotatable bonds is 3. The minimum absolute atomic E-state index is 0.0820. The molecule has 3 rings (SSSR count). The zero-order chi connectivity index (χ0) is 15.0. The van der Waals surface area contributed by atoms with Gasteiger partial charge in [-0.2, -0.15) is 5.10 Å². The SMILES string of the molecule is CC(C)n1nc(-c2cc(F)ccn2)c2ncc(C=O)cc21. The highest BCUT2D eigenvalue weighted by molar-refractivity contribution is 5.92. The monoisotopic (exact) mass is 284 g/mol. The lowest BCUT2D eigenvalue weighted by Gasteiger charge is -2.06. The van der Waals surface area contributed by atoms with Crippen LogP contribution in [-0.2, 0) is 0 Å². The quantitative estimate of drug-likeness (QED) is 0.694. The second-order valence-electron chi connectivity index (χ2n) is 5.00. The lowest BCUT2D eigenvalue weighted by atomic mass is 10.2. The van der Waals surface area contributed by atoms with Gasteiger partial charge in [0.05, 0.1) is 11.2 Å². The van der Waals surface area contributed by atoms with Crippen molar-refractivity contribution in [1.82, 2.24) is 19.7 Å². The van der Waals surface area contributed by atoms with E-state index in [9.17, 15) is 9.18 Å². The standard InChI is InChI=1S/C15H13FN4O/c1-9(2)20-13-5-10(8-21)7-18-15(13)14(19-20)12-6-11(16)3-4-17-12/h3-9H,1-2H3. The molecule has 0 atom stereocenters. The van der Waals surface area contributed by atoms with Crippen molar-refractivity contribution < 1.29 is 9.18 Å². The maximum absolute atomic E-state index is 13.4. The normalized spacial score (nSPS) is 11.2. The zero-order valence-electron chi connectivity index (χ0n) is 11.6. The summed E-state index contributed by atoms with van der Waals surface area (Å²) in [5.74, 6) is -0.378. The lowest BCUT2D eigenvalue weighted by Crippen LogP contribution is -2.03. The number of carbonyl (C=O) groups is 1. The van der Waals surface area contributed by atoms with Crippen molar-refractivity contribution in [3.8, 4) is 11.4 Å². The summed E-state index contributed by atoms with van der Waals surface area (Å²) in [4.78, 5) is 19.4. The van der Waals surface area contributed by atoms with E-state index < -0.39 is 0 Å². The van der Waals surface area contributed by atoms with E-state index in [0.29, 0.717) is 22.5 Å². The van der Waals surface area contributed by atoms with Crippen LogP contribution in [0.1, 0.15) is 30.2 Å². The minimum Gasteiger partial charge on any atom is -0.298 e. The summed E-state index contributed by atoms with van der Waals surface area (Å²) in [7, 11) is 0. The third kappa shape index (κ3) is 2.29. The fourth-order valence-electron chi connectivity index (χ4n) is 2.20. The molecule has 0 amide bonds. The molecule has 0 aliphatic rings. The number of hydrogen-bond acceptors (Lipinski definition) is 4. The molecule has 106 valence electrons. The molecule has 3 aromatic heterocycles. The molecule has 0 aromatic carbocycles. The molecule has 3 aromatic rings. The summed E-state index contributed by atoms with van der Waals surface area (Å²) in [6.07, 6.45) is 3.61. The van der Waals surface area contributed by atoms with E-state index in [2.05, 4.69) is 15.1 Å². The molecular weight excluding hydrogens is 271 g/mol. The molecule has 0 aliphatic heterocycles. The minimum atomic E-state index is -0.378. The summed E-state index contributed by atoms with van der Waals surface area (Å²) >= 11 is 0. The van der Waals surface area contributed by atoms with Gasteiger partial charge in [0.1, 0.15) is 17.0 Å². The molecule has 6 heteroatoms. The van der Waals surface area contributed by atoms with Gasteiger partial charge in [-0.1, -0.05) is 0 Å². The molecule has 0 N–H and O–H groups in total. The first kappa shape index (κ1) is 13.4. The Hall–Kier alpha value is -2.63. The second-order valence-corrected chi connectivity index (χ2v) is 5.00. The highest BCUT2D eigenvalue weighted by Crippen LogP contribution is 2.27. The van der Waals surface area contributed by atoms with Crippen molar-refractivity contribution in [3.63, 3.8) is 0 Å². The van der Waals surface area contributed by atoms with Crippen LogP contribution in [0.5, 0.6) is 0 Å². The highest BCUT2D eigenvalue weighted by atomic mass is 19.1. The van der Waals surface area contributed by atoms with Crippen molar-refractivity contribution in [3.05, 3.63) is 42.0 Å². The molecule has 0 radical (unpaired) electrons. The molecule has 21 heavy (non-hydrogen) atoms. The van der Waals surface area contributed by atoms with Crippen LogP contribution in [0, 0.1) is 5.82 Å². The van der Waals surface area contributed by atoms with Crippen LogP contribution in [-0.4, -0.2) is 26.0 Å². The number of halogens is 1. The lowest BCUT2D eigenvalue weighted by molar-refractivity contribution is 0.112. The second kappa shape index (κ2) is 5.05. The number of aldehydes is 1. The summed E-state index contributed by atoms with van der Waals surface area (Å²) in [6, 6.07) is 4.41. The molecule has 0 bridgehead atoms. The zero-order valence-corrected chi connectivity index (χ0v) is 11.6. The van der Waals surface area contributed by atoms with Gasteiger partial charge in [-0.05, 0) is 26.0 Å². The van der Waals surface area contributed by atoms with Crippen molar-refractivity contribution in [2.45, 2.75) is 19.9 Å². The van der Waals surface area contributed by atoms with Gasteiger partial charge < -0.3 is 0 Å². The van der Waals surface area contributed by atoms with Crippen LogP contribution in [0.2, 0.25) is 0 Å². The van der Waals surface area contributed by atoms with Gasteiger partial charge >= 0.3 is 0 Å². The Balaban J connectivity index is 2.31. The molecule has 0 aliphatic carbocycles. The van der Waals surface area contributed by atoms with Gasteiger partial charge in [-0.25, -0.2) is 4.39 Å². The van der Waals surface area contributed by atoms with Crippen molar-refractivity contribution >= 4 is 17.3 Å². The van der Waals surface area contributed by atoms with E-state index in [1.54, 1.807) is 10.7 Å². The first-order valence-electron chi connectivity index (χ1n) is 6.55. The topological polar surface area (TPSA) is 60.7 Å². The molecule has 3 heterocycles. The van der Waals surface area contributed by atoms with Crippen LogP contribution < -0.4 is 0 Å². The Kier molecular flexibility index (Phi) is 3.21. The summed E-state index contributed by atoms with van der Waals surface area (Å²) in [6.45, 7) is 3.95. The van der Waals surface area contributed by atoms with Crippen molar-refractivity contribution in [1.29, 1.82) is 0 Å². The van der Waals surface area contributed by atoms with Gasteiger partial charge in [0, 0.05) is 30.1 Å². The summed E-state index contributed by atoms with van der Waals surface area (Å²) in [5, 5.41) is 4.48. The molecule has 0 saturated heterocycles. The predicted octanol–water partition coefficient (Wildman–Crippen LogP) is 3.03. The van der Waals surface area contributed by atoms with E-state index in [4.69, 9.17) is 0 Å².